The van der Waals surface area contributed by atoms with Gasteiger partial charge in [-0.25, -0.2) is 0 Å². The number of methoxy groups -OCH3 is 1. The molecule has 1 fully saturated rings. The summed E-state index contributed by atoms with van der Waals surface area (Å²) in [6, 6.07) is 7.66. The second-order valence-electron chi connectivity index (χ2n) is 5.06. The summed E-state index contributed by atoms with van der Waals surface area (Å²) in [5, 5.41) is 0. The Morgan fingerprint density at radius 3 is 2.30 bits per heavy atom. The van der Waals surface area contributed by atoms with Crippen LogP contribution in [0.5, 0.6) is 11.5 Å². The van der Waals surface area contributed by atoms with E-state index in [9.17, 15) is 0 Å². The van der Waals surface area contributed by atoms with Gasteiger partial charge in [0.05, 0.1) is 7.11 Å². The van der Waals surface area contributed by atoms with E-state index >= 15 is 0 Å². The van der Waals surface area contributed by atoms with Crippen LogP contribution in [0.25, 0.3) is 0 Å². The number of hydrogen-bond acceptors (Lipinski definition) is 4. The zero-order valence-electron chi connectivity index (χ0n) is 12.4. The first-order valence-electron chi connectivity index (χ1n) is 7.10. The maximum atomic E-state index is 5.64. The van der Waals surface area contributed by atoms with Crippen LogP contribution in [0.4, 0.5) is 0 Å². The minimum absolute atomic E-state index is 0.611. The van der Waals surface area contributed by atoms with Gasteiger partial charge < -0.3 is 14.4 Å². The van der Waals surface area contributed by atoms with Gasteiger partial charge in [-0.3, -0.25) is 4.90 Å². The molecule has 0 aliphatic carbocycles. The smallest absolute Gasteiger partial charge is 0.120 e. The van der Waals surface area contributed by atoms with Gasteiger partial charge in [0.25, 0.3) is 0 Å². The zero-order chi connectivity index (χ0) is 14.2. The second-order valence-corrected chi connectivity index (χ2v) is 5.06. The lowest BCUT2D eigenvalue weighted by Crippen LogP contribution is -2.44. The van der Waals surface area contributed by atoms with Crippen molar-refractivity contribution in [3.63, 3.8) is 0 Å². The van der Waals surface area contributed by atoms with Gasteiger partial charge in [-0.15, -0.1) is 0 Å². The van der Waals surface area contributed by atoms with Crippen molar-refractivity contribution >= 4 is 0 Å². The van der Waals surface area contributed by atoms with Gasteiger partial charge >= 0.3 is 0 Å². The summed E-state index contributed by atoms with van der Waals surface area (Å²) in [5.41, 5.74) is 0. The van der Waals surface area contributed by atoms with Crippen LogP contribution in [-0.2, 0) is 0 Å². The van der Waals surface area contributed by atoms with Gasteiger partial charge in [-0.2, -0.15) is 0 Å². The number of hydrogen-bond donors (Lipinski definition) is 0. The lowest BCUT2D eigenvalue weighted by Gasteiger charge is -2.31. The topological polar surface area (TPSA) is 24.9 Å². The predicted octanol–water partition coefficient (Wildman–Crippen LogP) is 1.88. The third-order valence-corrected chi connectivity index (χ3v) is 3.53. The minimum Gasteiger partial charge on any atom is -0.497 e. The summed E-state index contributed by atoms with van der Waals surface area (Å²) in [6.07, 6.45) is 4.28. The van der Waals surface area contributed by atoms with E-state index in [2.05, 4.69) is 29.0 Å². The first-order chi connectivity index (χ1) is 9.78. The van der Waals surface area contributed by atoms with E-state index in [-0.39, 0.29) is 0 Å². The van der Waals surface area contributed by atoms with Crippen molar-refractivity contribution in [2.24, 2.45) is 0 Å². The van der Waals surface area contributed by atoms with Crippen molar-refractivity contribution in [2.75, 3.05) is 53.5 Å². The maximum Gasteiger partial charge on any atom is 0.120 e. The number of piperazine rings is 1. The normalized spacial score (nSPS) is 17.5. The molecule has 0 bridgehead atoms. The number of likely N-dealkylation sites (N-methyl/N-ethyl adjacent to an activating group) is 1. The molecule has 0 saturated carbocycles. The number of ether oxygens (including phenoxy) is 2. The number of benzene rings is 1. The standard InChI is InChI=1S/C16H24N2O2/c1-17-10-12-18(13-11-17)9-3-4-14-20-16-7-5-15(19-2)6-8-16/h3-8H,9-14H2,1-2H3. The van der Waals surface area contributed by atoms with E-state index in [1.807, 2.05) is 24.3 Å². The predicted molar refractivity (Wildman–Crippen MR) is 81.6 cm³/mol. The summed E-state index contributed by atoms with van der Waals surface area (Å²) >= 11 is 0. The van der Waals surface area contributed by atoms with Gasteiger partial charge in [0.2, 0.25) is 0 Å². The molecule has 110 valence electrons. The van der Waals surface area contributed by atoms with Crippen LogP contribution < -0.4 is 9.47 Å². The minimum atomic E-state index is 0.611. The first-order valence-corrected chi connectivity index (χ1v) is 7.10. The van der Waals surface area contributed by atoms with Crippen LogP contribution in [-0.4, -0.2) is 63.3 Å². The summed E-state index contributed by atoms with van der Waals surface area (Å²) in [4.78, 5) is 4.83. The molecular formula is C16H24N2O2. The molecule has 0 atom stereocenters. The molecule has 1 heterocycles. The first kappa shape index (κ1) is 14.9. The Balaban J connectivity index is 1.63. The fraction of sp³-hybridized carbons (Fsp3) is 0.500. The Kier molecular flexibility index (Phi) is 5.89. The van der Waals surface area contributed by atoms with Crippen LogP contribution in [0.2, 0.25) is 0 Å². The van der Waals surface area contributed by atoms with Crippen LogP contribution in [0.15, 0.2) is 36.4 Å². The fourth-order valence-electron chi connectivity index (χ4n) is 2.14. The molecule has 0 spiro atoms. The average molecular weight is 276 g/mol. The van der Waals surface area contributed by atoms with Crippen molar-refractivity contribution in [3.8, 4) is 11.5 Å². The number of rotatable bonds is 6. The second kappa shape index (κ2) is 7.92. The molecule has 2 rings (SSSR count). The highest BCUT2D eigenvalue weighted by Crippen LogP contribution is 2.16. The highest BCUT2D eigenvalue weighted by Gasteiger charge is 2.11. The van der Waals surface area contributed by atoms with Crippen molar-refractivity contribution in [2.45, 2.75) is 0 Å². The Morgan fingerprint density at radius 2 is 1.65 bits per heavy atom. The zero-order valence-corrected chi connectivity index (χ0v) is 12.4. The molecule has 1 aromatic rings. The van der Waals surface area contributed by atoms with E-state index in [4.69, 9.17) is 9.47 Å². The number of nitrogens with zero attached hydrogens (tertiary/aromatic N) is 2. The lowest BCUT2D eigenvalue weighted by atomic mass is 10.3. The highest BCUT2D eigenvalue weighted by molar-refractivity contribution is 5.31. The Morgan fingerprint density at radius 1 is 1.00 bits per heavy atom. The van der Waals surface area contributed by atoms with Crippen molar-refractivity contribution in [1.29, 1.82) is 0 Å². The molecular weight excluding hydrogens is 252 g/mol. The molecule has 1 aromatic carbocycles. The quantitative estimate of drug-likeness (QED) is 0.741. The summed E-state index contributed by atoms with van der Waals surface area (Å²) < 4.78 is 10.8. The summed E-state index contributed by atoms with van der Waals surface area (Å²) in [6.45, 7) is 6.26. The molecule has 1 aliphatic rings. The van der Waals surface area contributed by atoms with Crippen molar-refractivity contribution in [1.82, 2.24) is 9.80 Å². The van der Waals surface area contributed by atoms with Gasteiger partial charge in [0.1, 0.15) is 18.1 Å². The van der Waals surface area contributed by atoms with E-state index in [0.717, 1.165) is 44.2 Å². The molecule has 4 heteroatoms. The van der Waals surface area contributed by atoms with Gasteiger partial charge in [-0.05, 0) is 31.3 Å². The van der Waals surface area contributed by atoms with E-state index < -0.39 is 0 Å². The summed E-state index contributed by atoms with van der Waals surface area (Å²) in [7, 11) is 3.84. The van der Waals surface area contributed by atoms with Crippen molar-refractivity contribution in [3.05, 3.63) is 36.4 Å². The van der Waals surface area contributed by atoms with Gasteiger partial charge in [0.15, 0.2) is 0 Å². The average Bonchev–Trinajstić information content (AvgIpc) is 2.49. The highest BCUT2D eigenvalue weighted by atomic mass is 16.5. The maximum absolute atomic E-state index is 5.64. The Bertz CT molecular complexity index is 409. The molecule has 4 nitrogen and oxygen atoms in total. The van der Waals surface area contributed by atoms with Crippen molar-refractivity contribution < 1.29 is 9.47 Å². The lowest BCUT2D eigenvalue weighted by molar-refractivity contribution is 0.166. The molecule has 0 N–H and O–H groups in total. The Labute approximate surface area is 121 Å². The molecule has 0 amide bonds. The van der Waals surface area contributed by atoms with E-state index in [1.165, 1.54) is 0 Å². The van der Waals surface area contributed by atoms with Crippen LogP contribution >= 0.6 is 0 Å². The molecule has 0 unspecified atom stereocenters. The van der Waals surface area contributed by atoms with Crippen LogP contribution in [0, 0.1) is 0 Å². The van der Waals surface area contributed by atoms with Crippen LogP contribution in [0.1, 0.15) is 0 Å². The molecule has 0 radical (unpaired) electrons. The van der Waals surface area contributed by atoms with Gasteiger partial charge in [0, 0.05) is 32.7 Å². The third-order valence-electron chi connectivity index (χ3n) is 3.53. The molecule has 1 saturated heterocycles. The molecule has 20 heavy (non-hydrogen) atoms. The monoisotopic (exact) mass is 276 g/mol. The fourth-order valence-corrected chi connectivity index (χ4v) is 2.14. The summed E-state index contributed by atoms with van der Waals surface area (Å²) in [5.74, 6) is 1.72. The largest absolute Gasteiger partial charge is 0.497 e. The SMILES string of the molecule is COc1ccc(OCC=CCN2CCN(C)CC2)cc1. The van der Waals surface area contributed by atoms with Crippen LogP contribution in [0.3, 0.4) is 0 Å². The molecule has 0 aromatic heterocycles. The Hall–Kier alpha value is -1.52. The third kappa shape index (κ3) is 4.87. The van der Waals surface area contributed by atoms with E-state index in [1.54, 1.807) is 7.11 Å². The van der Waals surface area contributed by atoms with E-state index in [0.29, 0.717) is 6.61 Å². The molecule has 1 aliphatic heterocycles. The van der Waals surface area contributed by atoms with Gasteiger partial charge in [-0.1, -0.05) is 12.2 Å².